The number of ether oxygens (including phenoxy) is 1. The third kappa shape index (κ3) is 3.33. The molecule has 3 heterocycles. The Labute approximate surface area is 162 Å². The number of carbonyl (C=O) groups is 3. The van der Waals surface area contributed by atoms with Crippen molar-refractivity contribution in [3.05, 3.63) is 54.0 Å². The molecule has 3 amide bonds. The summed E-state index contributed by atoms with van der Waals surface area (Å²) in [5, 5.41) is 2.81. The molecular weight excluding hydrogens is 362 g/mol. The van der Waals surface area contributed by atoms with Gasteiger partial charge in [0.15, 0.2) is 5.76 Å². The van der Waals surface area contributed by atoms with Gasteiger partial charge in [0.25, 0.3) is 5.91 Å². The molecule has 4 rings (SSSR count). The van der Waals surface area contributed by atoms with Crippen LogP contribution >= 0.6 is 0 Å². The normalized spacial score (nSPS) is 21.9. The van der Waals surface area contributed by atoms with Gasteiger partial charge in [0.2, 0.25) is 11.8 Å². The highest BCUT2D eigenvalue weighted by molar-refractivity contribution is 5.98. The van der Waals surface area contributed by atoms with Gasteiger partial charge in [-0.1, -0.05) is 12.1 Å². The van der Waals surface area contributed by atoms with Crippen LogP contribution in [0.1, 0.15) is 16.1 Å². The predicted octanol–water partition coefficient (Wildman–Crippen LogP) is 0.682. The maximum atomic E-state index is 12.9. The molecule has 0 radical (unpaired) electrons. The number of piperazine rings is 2. The van der Waals surface area contributed by atoms with E-state index in [1.807, 2.05) is 24.3 Å². The summed E-state index contributed by atoms with van der Waals surface area (Å²) in [5.74, 6) is 0.333. The van der Waals surface area contributed by atoms with Crippen molar-refractivity contribution in [2.24, 2.45) is 0 Å². The molecule has 2 aliphatic heterocycles. The standard InChI is InChI=1S/C20H21N3O5/c1-27-14-6-4-13(5-7-14)11-15-19(25)23-9-8-22(12-16(23)18(24)21-15)20(26)17-3-2-10-28-17/h2-7,10,15-16H,8-9,11-12H2,1H3,(H,21,24)/t15-,16+/m0/s1. The lowest BCUT2D eigenvalue weighted by Gasteiger charge is -2.45. The van der Waals surface area contributed by atoms with E-state index in [1.165, 1.54) is 6.26 Å². The lowest BCUT2D eigenvalue weighted by molar-refractivity contribution is -0.152. The molecule has 2 aromatic rings. The Bertz CT molecular complexity index is 878. The summed E-state index contributed by atoms with van der Waals surface area (Å²) in [6.07, 6.45) is 1.84. The number of rotatable bonds is 4. The molecule has 0 aliphatic carbocycles. The third-order valence-corrected chi connectivity index (χ3v) is 5.20. The smallest absolute Gasteiger partial charge is 0.289 e. The van der Waals surface area contributed by atoms with Crippen molar-refractivity contribution in [2.45, 2.75) is 18.5 Å². The van der Waals surface area contributed by atoms with Gasteiger partial charge >= 0.3 is 0 Å². The SMILES string of the molecule is COc1ccc(C[C@@H]2NC(=O)[C@H]3CN(C(=O)c4ccco4)CCN3C2=O)cc1. The number of fused-ring (bicyclic) bond motifs is 1. The first kappa shape index (κ1) is 18.1. The second-order valence-corrected chi connectivity index (χ2v) is 6.89. The number of furan rings is 1. The molecule has 2 atom stereocenters. The zero-order valence-electron chi connectivity index (χ0n) is 15.5. The van der Waals surface area contributed by atoms with Crippen molar-refractivity contribution in [2.75, 3.05) is 26.7 Å². The highest BCUT2D eigenvalue weighted by atomic mass is 16.5. The molecule has 0 bridgehead atoms. The Morgan fingerprint density at radius 1 is 1.21 bits per heavy atom. The molecule has 2 fully saturated rings. The minimum atomic E-state index is -0.674. The van der Waals surface area contributed by atoms with Crippen LogP contribution in [0.15, 0.2) is 47.1 Å². The van der Waals surface area contributed by atoms with E-state index >= 15 is 0 Å². The Morgan fingerprint density at radius 2 is 2.00 bits per heavy atom. The molecule has 2 aliphatic rings. The number of nitrogens with zero attached hydrogens (tertiary/aromatic N) is 2. The van der Waals surface area contributed by atoms with Gasteiger partial charge in [0.05, 0.1) is 19.9 Å². The number of amides is 3. The van der Waals surface area contributed by atoms with Gasteiger partial charge in [0, 0.05) is 19.5 Å². The molecule has 0 unspecified atom stereocenters. The van der Waals surface area contributed by atoms with Gasteiger partial charge in [-0.15, -0.1) is 0 Å². The van der Waals surface area contributed by atoms with Crippen LogP contribution in [0, 0.1) is 0 Å². The summed E-state index contributed by atoms with van der Waals surface area (Å²) < 4.78 is 10.3. The molecule has 8 heteroatoms. The fraction of sp³-hybridized carbons (Fsp3) is 0.350. The van der Waals surface area contributed by atoms with Crippen molar-refractivity contribution >= 4 is 17.7 Å². The first-order valence-electron chi connectivity index (χ1n) is 9.13. The fourth-order valence-corrected chi connectivity index (χ4v) is 3.68. The first-order valence-corrected chi connectivity index (χ1v) is 9.13. The lowest BCUT2D eigenvalue weighted by Crippen LogP contribution is -2.70. The van der Waals surface area contributed by atoms with Crippen LogP contribution in [-0.2, 0) is 16.0 Å². The van der Waals surface area contributed by atoms with Gasteiger partial charge < -0.3 is 24.3 Å². The quantitative estimate of drug-likeness (QED) is 0.838. The molecule has 0 saturated carbocycles. The van der Waals surface area contributed by atoms with E-state index in [9.17, 15) is 14.4 Å². The number of methoxy groups -OCH3 is 1. The van der Waals surface area contributed by atoms with E-state index in [1.54, 1.807) is 29.0 Å². The Morgan fingerprint density at radius 3 is 2.68 bits per heavy atom. The lowest BCUT2D eigenvalue weighted by atomic mass is 9.98. The van der Waals surface area contributed by atoms with Gasteiger partial charge in [-0.25, -0.2) is 0 Å². The van der Waals surface area contributed by atoms with E-state index < -0.39 is 12.1 Å². The average Bonchev–Trinajstić information content (AvgIpc) is 3.26. The van der Waals surface area contributed by atoms with Crippen LogP contribution in [0.5, 0.6) is 5.75 Å². The monoisotopic (exact) mass is 383 g/mol. The van der Waals surface area contributed by atoms with E-state index in [4.69, 9.17) is 9.15 Å². The van der Waals surface area contributed by atoms with Crippen LogP contribution in [0.25, 0.3) is 0 Å². The number of benzene rings is 1. The van der Waals surface area contributed by atoms with Crippen molar-refractivity contribution < 1.29 is 23.5 Å². The maximum absolute atomic E-state index is 12.9. The molecule has 1 aromatic carbocycles. The molecular formula is C20H21N3O5. The van der Waals surface area contributed by atoms with Gasteiger partial charge in [-0.05, 0) is 29.8 Å². The zero-order valence-corrected chi connectivity index (χ0v) is 15.5. The van der Waals surface area contributed by atoms with Crippen LogP contribution in [-0.4, -0.2) is 66.3 Å². The van der Waals surface area contributed by atoms with E-state index in [0.29, 0.717) is 19.5 Å². The first-order chi connectivity index (χ1) is 13.6. The molecule has 2 saturated heterocycles. The summed E-state index contributed by atoms with van der Waals surface area (Å²) in [6.45, 7) is 0.846. The summed E-state index contributed by atoms with van der Waals surface area (Å²) >= 11 is 0. The van der Waals surface area contributed by atoms with E-state index in [0.717, 1.165) is 11.3 Å². The highest BCUT2D eigenvalue weighted by Crippen LogP contribution is 2.21. The van der Waals surface area contributed by atoms with Crippen LogP contribution < -0.4 is 10.1 Å². The Kier molecular flexibility index (Phi) is 4.77. The van der Waals surface area contributed by atoms with Crippen molar-refractivity contribution in [3.63, 3.8) is 0 Å². The zero-order chi connectivity index (χ0) is 19.7. The average molecular weight is 383 g/mol. The van der Waals surface area contributed by atoms with Crippen LogP contribution in [0.2, 0.25) is 0 Å². The van der Waals surface area contributed by atoms with Crippen LogP contribution in [0.4, 0.5) is 0 Å². The molecule has 1 aromatic heterocycles. The topological polar surface area (TPSA) is 92.1 Å². The maximum Gasteiger partial charge on any atom is 0.289 e. The van der Waals surface area contributed by atoms with Crippen molar-refractivity contribution in [1.82, 2.24) is 15.1 Å². The molecule has 28 heavy (non-hydrogen) atoms. The minimum absolute atomic E-state index is 0.120. The molecule has 1 N–H and O–H groups in total. The summed E-state index contributed by atoms with van der Waals surface area (Å²) in [6, 6.07) is 9.36. The second-order valence-electron chi connectivity index (χ2n) is 6.89. The molecule has 8 nitrogen and oxygen atoms in total. The number of nitrogens with one attached hydrogen (secondary N) is 1. The number of hydrogen-bond donors (Lipinski definition) is 1. The van der Waals surface area contributed by atoms with E-state index in [2.05, 4.69) is 5.32 Å². The predicted molar refractivity (Wildman–Crippen MR) is 98.7 cm³/mol. The van der Waals surface area contributed by atoms with Gasteiger partial charge in [-0.3, -0.25) is 14.4 Å². The Balaban J connectivity index is 1.44. The van der Waals surface area contributed by atoms with Gasteiger partial charge in [-0.2, -0.15) is 0 Å². The number of carbonyl (C=O) groups excluding carboxylic acids is 3. The summed E-state index contributed by atoms with van der Waals surface area (Å²) in [7, 11) is 1.59. The van der Waals surface area contributed by atoms with E-state index in [-0.39, 0.29) is 30.0 Å². The second kappa shape index (κ2) is 7.38. The molecule has 0 spiro atoms. The highest BCUT2D eigenvalue weighted by Gasteiger charge is 2.44. The number of hydrogen-bond acceptors (Lipinski definition) is 5. The summed E-state index contributed by atoms with van der Waals surface area (Å²) in [4.78, 5) is 41.1. The van der Waals surface area contributed by atoms with Crippen molar-refractivity contribution in [1.29, 1.82) is 0 Å². The Hall–Kier alpha value is -3.29. The molecule has 146 valence electrons. The van der Waals surface area contributed by atoms with Crippen molar-refractivity contribution in [3.8, 4) is 5.75 Å². The minimum Gasteiger partial charge on any atom is -0.497 e. The third-order valence-electron chi connectivity index (χ3n) is 5.20. The fourth-order valence-electron chi connectivity index (χ4n) is 3.68. The van der Waals surface area contributed by atoms with Crippen LogP contribution in [0.3, 0.4) is 0 Å². The summed E-state index contributed by atoms with van der Waals surface area (Å²) in [5.41, 5.74) is 0.935. The van der Waals surface area contributed by atoms with Gasteiger partial charge in [0.1, 0.15) is 17.8 Å². The largest absolute Gasteiger partial charge is 0.497 e.